The van der Waals surface area contributed by atoms with Gasteiger partial charge in [0, 0.05) is 5.69 Å². The molecule has 0 saturated carbocycles. The summed E-state index contributed by atoms with van der Waals surface area (Å²) in [6.45, 7) is 3.35. The van der Waals surface area contributed by atoms with E-state index < -0.39 is 18.5 Å². The molecule has 5 heteroatoms. The van der Waals surface area contributed by atoms with E-state index >= 15 is 0 Å². The first-order chi connectivity index (χ1) is 8.92. The van der Waals surface area contributed by atoms with Gasteiger partial charge in [0.05, 0.1) is 6.54 Å². The van der Waals surface area contributed by atoms with Gasteiger partial charge in [-0.05, 0) is 37.1 Å². The van der Waals surface area contributed by atoms with Gasteiger partial charge >= 0.3 is 12.0 Å². The number of urea groups is 1. The first kappa shape index (κ1) is 14.6. The largest absolute Gasteiger partial charge is 0.480 e. The normalized spacial score (nSPS) is 9.53. The van der Waals surface area contributed by atoms with Crippen LogP contribution in [0.1, 0.15) is 11.1 Å². The monoisotopic (exact) mass is 260 g/mol. The number of aliphatic carboxylic acids is 1. The summed E-state index contributed by atoms with van der Waals surface area (Å²) in [5.41, 5.74) is 2.64. The topological polar surface area (TPSA) is 69.6 Å². The molecule has 0 aliphatic carbocycles. The van der Waals surface area contributed by atoms with Crippen LogP contribution in [0.25, 0.3) is 0 Å². The van der Waals surface area contributed by atoms with Crippen molar-refractivity contribution in [3.05, 3.63) is 29.3 Å². The summed E-state index contributed by atoms with van der Waals surface area (Å²) in [4.78, 5) is 23.6. The average Bonchev–Trinajstić information content (AvgIpc) is 2.26. The Bertz CT molecular complexity index is 512. The number of carboxylic acids is 1. The number of carbonyl (C=O) groups is 2. The molecule has 0 saturated heterocycles. The van der Waals surface area contributed by atoms with E-state index in [4.69, 9.17) is 11.5 Å². The van der Waals surface area contributed by atoms with Gasteiger partial charge in [-0.25, -0.2) is 4.79 Å². The second kappa shape index (κ2) is 6.45. The highest BCUT2D eigenvalue weighted by atomic mass is 16.4. The van der Waals surface area contributed by atoms with Crippen LogP contribution in [-0.2, 0) is 4.79 Å². The zero-order chi connectivity index (χ0) is 14.4. The van der Waals surface area contributed by atoms with Crippen molar-refractivity contribution in [1.82, 2.24) is 4.90 Å². The van der Waals surface area contributed by atoms with Crippen LogP contribution in [0.2, 0.25) is 0 Å². The maximum absolute atomic E-state index is 11.9. The summed E-state index contributed by atoms with van der Waals surface area (Å²) in [7, 11) is 0. The van der Waals surface area contributed by atoms with Gasteiger partial charge in [-0.2, -0.15) is 0 Å². The number of benzene rings is 1. The zero-order valence-corrected chi connectivity index (χ0v) is 10.9. The van der Waals surface area contributed by atoms with E-state index in [-0.39, 0.29) is 6.54 Å². The Balaban J connectivity index is 2.81. The Kier molecular flexibility index (Phi) is 4.95. The second-order valence-electron chi connectivity index (χ2n) is 4.26. The van der Waals surface area contributed by atoms with Crippen molar-refractivity contribution in [3.63, 3.8) is 0 Å². The number of carbonyl (C=O) groups excluding carboxylic acids is 1. The maximum Gasteiger partial charge on any atom is 0.323 e. The lowest BCUT2D eigenvalue weighted by Crippen LogP contribution is -2.39. The third kappa shape index (κ3) is 4.72. The molecule has 0 aliphatic heterocycles. The number of aryl methyl sites for hydroxylation is 2. The van der Waals surface area contributed by atoms with Crippen molar-refractivity contribution in [2.45, 2.75) is 13.8 Å². The molecule has 1 aromatic rings. The molecule has 100 valence electrons. The fraction of sp³-hybridized carbons (Fsp3) is 0.286. The van der Waals surface area contributed by atoms with Crippen LogP contribution in [0, 0.1) is 26.2 Å². The van der Waals surface area contributed by atoms with Gasteiger partial charge in [0.2, 0.25) is 0 Å². The number of terminal acetylenes is 1. The minimum atomic E-state index is -1.11. The molecule has 0 aromatic heterocycles. The highest BCUT2D eigenvalue weighted by Gasteiger charge is 2.15. The molecule has 0 aliphatic rings. The smallest absolute Gasteiger partial charge is 0.323 e. The lowest BCUT2D eigenvalue weighted by atomic mass is 10.1. The number of rotatable bonds is 4. The standard InChI is InChI=1S/C14H16N2O3/c1-4-5-16(9-13(17)18)14(19)15-12-7-10(2)6-11(3)8-12/h1,6-8H,5,9H2,2-3H3,(H,15,19)(H,17,18). The number of nitrogens with zero attached hydrogens (tertiary/aromatic N) is 1. The molecule has 0 atom stereocenters. The summed E-state index contributed by atoms with van der Waals surface area (Å²) in [6.07, 6.45) is 5.12. The quantitative estimate of drug-likeness (QED) is 0.812. The molecule has 0 unspecified atom stereocenters. The molecule has 2 N–H and O–H groups in total. The molecule has 2 amide bonds. The Labute approximate surface area is 112 Å². The maximum atomic E-state index is 11.9. The Morgan fingerprint density at radius 1 is 1.32 bits per heavy atom. The minimum Gasteiger partial charge on any atom is -0.480 e. The second-order valence-corrected chi connectivity index (χ2v) is 4.26. The molecule has 0 bridgehead atoms. The van der Waals surface area contributed by atoms with E-state index in [0.717, 1.165) is 16.0 Å². The molecule has 1 rings (SSSR count). The van der Waals surface area contributed by atoms with Gasteiger partial charge in [-0.3, -0.25) is 4.79 Å². The first-order valence-corrected chi connectivity index (χ1v) is 5.72. The number of anilines is 1. The van der Waals surface area contributed by atoms with Crippen LogP contribution in [0.15, 0.2) is 18.2 Å². The SMILES string of the molecule is C#CCN(CC(=O)O)C(=O)Nc1cc(C)cc(C)c1. The summed E-state index contributed by atoms with van der Waals surface area (Å²) in [5, 5.41) is 11.4. The molecular weight excluding hydrogens is 244 g/mol. The van der Waals surface area contributed by atoms with Gasteiger partial charge in [-0.1, -0.05) is 12.0 Å². The predicted molar refractivity (Wildman–Crippen MR) is 73.0 cm³/mol. The van der Waals surface area contributed by atoms with E-state index in [0.29, 0.717) is 5.69 Å². The molecule has 5 nitrogen and oxygen atoms in total. The van der Waals surface area contributed by atoms with Crippen LogP contribution in [0.3, 0.4) is 0 Å². The fourth-order valence-electron chi connectivity index (χ4n) is 1.72. The molecule has 0 radical (unpaired) electrons. The van der Waals surface area contributed by atoms with Crippen LogP contribution >= 0.6 is 0 Å². The van der Waals surface area contributed by atoms with Crippen LogP contribution in [-0.4, -0.2) is 35.1 Å². The molecule has 0 fully saturated rings. The lowest BCUT2D eigenvalue weighted by molar-refractivity contribution is -0.137. The van der Waals surface area contributed by atoms with Gasteiger partial charge in [0.1, 0.15) is 6.54 Å². The van der Waals surface area contributed by atoms with Crippen LogP contribution in [0.5, 0.6) is 0 Å². The molecule has 1 aromatic carbocycles. The summed E-state index contributed by atoms with van der Waals surface area (Å²) >= 11 is 0. The van der Waals surface area contributed by atoms with E-state index in [1.54, 1.807) is 12.1 Å². The predicted octanol–water partition coefficient (Wildman–Crippen LogP) is 1.86. The Morgan fingerprint density at radius 2 is 1.89 bits per heavy atom. The van der Waals surface area contributed by atoms with Crippen molar-refractivity contribution in [3.8, 4) is 12.3 Å². The van der Waals surface area contributed by atoms with Gasteiger partial charge in [0.15, 0.2) is 0 Å². The van der Waals surface area contributed by atoms with Crippen LogP contribution < -0.4 is 5.32 Å². The summed E-state index contributed by atoms with van der Waals surface area (Å²) < 4.78 is 0. The van der Waals surface area contributed by atoms with Crippen molar-refractivity contribution < 1.29 is 14.7 Å². The zero-order valence-electron chi connectivity index (χ0n) is 10.9. The van der Waals surface area contributed by atoms with Gasteiger partial charge in [-0.15, -0.1) is 6.42 Å². The molecule has 19 heavy (non-hydrogen) atoms. The molecule has 0 spiro atoms. The highest BCUT2D eigenvalue weighted by Crippen LogP contribution is 2.14. The fourth-order valence-corrected chi connectivity index (χ4v) is 1.72. The number of carboxylic acid groups (broad SMARTS) is 1. The van der Waals surface area contributed by atoms with E-state index in [2.05, 4.69) is 11.2 Å². The van der Waals surface area contributed by atoms with Crippen molar-refractivity contribution in [2.75, 3.05) is 18.4 Å². The molecule has 0 heterocycles. The summed E-state index contributed by atoms with van der Waals surface area (Å²) in [5.74, 6) is 1.16. The van der Waals surface area contributed by atoms with E-state index in [1.165, 1.54) is 0 Å². The third-order valence-corrected chi connectivity index (χ3v) is 2.37. The Morgan fingerprint density at radius 3 is 2.37 bits per heavy atom. The third-order valence-electron chi connectivity index (χ3n) is 2.37. The van der Waals surface area contributed by atoms with Crippen molar-refractivity contribution in [1.29, 1.82) is 0 Å². The van der Waals surface area contributed by atoms with Gasteiger partial charge < -0.3 is 15.3 Å². The van der Waals surface area contributed by atoms with E-state index in [1.807, 2.05) is 19.9 Å². The molecular formula is C14H16N2O3. The first-order valence-electron chi connectivity index (χ1n) is 5.72. The number of hydrogen-bond acceptors (Lipinski definition) is 2. The lowest BCUT2D eigenvalue weighted by Gasteiger charge is -2.19. The average molecular weight is 260 g/mol. The van der Waals surface area contributed by atoms with Crippen molar-refractivity contribution >= 4 is 17.7 Å². The summed E-state index contributed by atoms with van der Waals surface area (Å²) in [6, 6.07) is 5.07. The number of hydrogen-bond donors (Lipinski definition) is 2. The highest BCUT2D eigenvalue weighted by molar-refractivity contribution is 5.91. The Hall–Kier alpha value is -2.48. The van der Waals surface area contributed by atoms with Crippen LogP contribution in [0.4, 0.5) is 10.5 Å². The van der Waals surface area contributed by atoms with Crippen molar-refractivity contribution in [2.24, 2.45) is 0 Å². The van der Waals surface area contributed by atoms with E-state index in [9.17, 15) is 9.59 Å². The number of nitrogens with one attached hydrogen (secondary N) is 1. The number of amides is 2. The minimum absolute atomic E-state index is 0.0526. The van der Waals surface area contributed by atoms with Gasteiger partial charge in [0.25, 0.3) is 0 Å².